The second-order valence-electron chi connectivity index (χ2n) is 11.2. The highest BCUT2D eigenvalue weighted by molar-refractivity contribution is 5.73. The van der Waals surface area contributed by atoms with E-state index in [1.54, 1.807) is 0 Å². The summed E-state index contributed by atoms with van der Waals surface area (Å²) < 4.78 is 6.20. The Hall–Kier alpha value is -3.62. The van der Waals surface area contributed by atoms with Gasteiger partial charge in [0.2, 0.25) is 0 Å². The van der Waals surface area contributed by atoms with Crippen molar-refractivity contribution >= 4 is 17.6 Å². The molecule has 4 atom stereocenters. The van der Waals surface area contributed by atoms with E-state index in [4.69, 9.17) is 14.7 Å². The first-order valence-electron chi connectivity index (χ1n) is 13.8. The molecule has 1 aromatic heterocycles. The van der Waals surface area contributed by atoms with Crippen molar-refractivity contribution in [2.24, 2.45) is 5.92 Å². The van der Waals surface area contributed by atoms with Crippen LogP contribution in [0.2, 0.25) is 0 Å². The molecule has 4 aliphatic rings. The maximum Gasteiger partial charge on any atom is 0.407 e. The van der Waals surface area contributed by atoms with E-state index >= 15 is 0 Å². The molecule has 1 aliphatic carbocycles. The van der Waals surface area contributed by atoms with Crippen LogP contribution >= 0.6 is 0 Å². The molecule has 39 heavy (non-hydrogen) atoms. The fourth-order valence-electron chi connectivity index (χ4n) is 6.94. The average Bonchev–Trinajstić information content (AvgIpc) is 3.49. The molecule has 0 bridgehead atoms. The molecular formula is C28H35N7O4. The largest absolute Gasteiger partial charge is 0.465 e. The van der Waals surface area contributed by atoms with E-state index < -0.39 is 17.7 Å². The highest BCUT2D eigenvalue weighted by Crippen LogP contribution is 2.53. The zero-order chi connectivity index (χ0) is 27.1. The fraction of sp³-hybridized carbons (Fsp3) is 0.571. The Morgan fingerprint density at radius 3 is 2.74 bits per heavy atom. The third-order valence-electron chi connectivity index (χ3n) is 9.15. The number of nitriles is 1. The number of ether oxygens (including phenoxy) is 1. The van der Waals surface area contributed by atoms with E-state index in [1.165, 1.54) is 4.90 Å². The first-order chi connectivity index (χ1) is 18.9. The molecule has 1 spiro atoms. The number of nitrogens with one attached hydrogen (secondary N) is 1. The maximum absolute atomic E-state index is 11.7. The number of aliphatic hydroxyl groups is 1. The third kappa shape index (κ3) is 4.41. The smallest absolute Gasteiger partial charge is 0.407 e. The van der Waals surface area contributed by atoms with Crippen molar-refractivity contribution < 1.29 is 19.7 Å². The fourth-order valence-corrected chi connectivity index (χ4v) is 6.94. The minimum atomic E-state index is -0.937. The predicted molar refractivity (Wildman–Crippen MR) is 144 cm³/mol. The van der Waals surface area contributed by atoms with Gasteiger partial charge in [0.15, 0.2) is 5.82 Å². The van der Waals surface area contributed by atoms with Gasteiger partial charge in [0, 0.05) is 50.5 Å². The summed E-state index contributed by atoms with van der Waals surface area (Å²) in [5.41, 5.74) is 2.92. The quantitative estimate of drug-likeness (QED) is 0.524. The summed E-state index contributed by atoms with van der Waals surface area (Å²) in [6.07, 6.45) is 1.84. The van der Waals surface area contributed by atoms with Crippen LogP contribution in [0.5, 0.6) is 6.01 Å². The van der Waals surface area contributed by atoms with Crippen molar-refractivity contribution in [1.82, 2.24) is 19.8 Å². The molecule has 206 valence electrons. The number of amides is 1. The van der Waals surface area contributed by atoms with Crippen LogP contribution in [0.4, 0.5) is 16.3 Å². The van der Waals surface area contributed by atoms with Crippen molar-refractivity contribution in [3.8, 4) is 12.1 Å². The number of anilines is 2. The molecule has 2 aromatic rings. The van der Waals surface area contributed by atoms with Gasteiger partial charge in [-0.1, -0.05) is 24.3 Å². The SMILES string of the molecule is CN1CCC[C@H]1COc1nc2c(c(N3CCN(C(=O)O)CC3)n1)NC(O)C1(C2)c2ccccc2C[C@H]1CC#N. The van der Waals surface area contributed by atoms with Crippen molar-refractivity contribution in [3.05, 3.63) is 41.1 Å². The average molecular weight is 534 g/mol. The normalized spacial score (nSPS) is 28.1. The summed E-state index contributed by atoms with van der Waals surface area (Å²) in [4.78, 5) is 26.9. The Bertz CT molecular complexity index is 1290. The number of likely N-dealkylation sites (tertiary alicyclic amines) is 1. The second-order valence-corrected chi connectivity index (χ2v) is 11.2. The molecular weight excluding hydrogens is 498 g/mol. The molecule has 0 saturated carbocycles. The Kier molecular flexibility index (Phi) is 6.69. The highest BCUT2D eigenvalue weighted by atomic mass is 16.5. The topological polar surface area (TPSA) is 138 Å². The van der Waals surface area contributed by atoms with Crippen molar-refractivity contribution in [2.75, 3.05) is 56.6 Å². The number of hydrogen-bond acceptors (Lipinski definition) is 9. The summed E-state index contributed by atoms with van der Waals surface area (Å²) >= 11 is 0. The van der Waals surface area contributed by atoms with Gasteiger partial charge >= 0.3 is 12.1 Å². The van der Waals surface area contributed by atoms with Gasteiger partial charge in [-0.3, -0.25) is 0 Å². The van der Waals surface area contributed by atoms with Gasteiger partial charge in [-0.15, -0.1) is 0 Å². The molecule has 3 aliphatic heterocycles. The number of hydrogen-bond donors (Lipinski definition) is 3. The van der Waals surface area contributed by atoms with Crippen molar-refractivity contribution in [1.29, 1.82) is 5.26 Å². The lowest BCUT2D eigenvalue weighted by atomic mass is 9.67. The Balaban J connectivity index is 1.38. The molecule has 2 fully saturated rings. The summed E-state index contributed by atoms with van der Waals surface area (Å²) in [6, 6.07) is 11.1. The van der Waals surface area contributed by atoms with Crippen LogP contribution in [0.3, 0.4) is 0 Å². The summed E-state index contributed by atoms with van der Waals surface area (Å²) in [5.74, 6) is 0.557. The van der Waals surface area contributed by atoms with E-state index in [0.717, 1.165) is 42.6 Å². The number of rotatable bonds is 5. The molecule has 3 N–H and O–H groups in total. The second kappa shape index (κ2) is 10.2. The zero-order valence-electron chi connectivity index (χ0n) is 22.2. The Morgan fingerprint density at radius 1 is 1.23 bits per heavy atom. The minimum absolute atomic E-state index is 0.0652. The van der Waals surface area contributed by atoms with Gasteiger partial charge < -0.3 is 35.0 Å². The molecule has 4 heterocycles. The molecule has 6 rings (SSSR count). The summed E-state index contributed by atoms with van der Waals surface area (Å²) in [6.45, 7) is 3.21. The lowest BCUT2D eigenvalue weighted by Crippen LogP contribution is -2.53. The van der Waals surface area contributed by atoms with Crippen LogP contribution in [0.15, 0.2) is 24.3 Å². The van der Waals surface area contributed by atoms with Crippen molar-refractivity contribution in [2.45, 2.75) is 49.8 Å². The van der Waals surface area contributed by atoms with Crippen LogP contribution in [0.1, 0.15) is 36.1 Å². The number of aliphatic hydroxyl groups excluding tert-OH is 1. The van der Waals surface area contributed by atoms with E-state index in [-0.39, 0.29) is 5.92 Å². The van der Waals surface area contributed by atoms with Gasteiger partial charge in [-0.2, -0.15) is 15.2 Å². The van der Waals surface area contributed by atoms with Crippen LogP contribution in [0, 0.1) is 17.2 Å². The number of aromatic nitrogens is 2. The molecule has 11 nitrogen and oxygen atoms in total. The number of benzene rings is 1. The van der Waals surface area contributed by atoms with Crippen molar-refractivity contribution in [3.63, 3.8) is 0 Å². The summed E-state index contributed by atoms with van der Waals surface area (Å²) in [5, 5.41) is 34.1. The summed E-state index contributed by atoms with van der Waals surface area (Å²) in [7, 11) is 2.10. The highest BCUT2D eigenvalue weighted by Gasteiger charge is 2.54. The monoisotopic (exact) mass is 533 g/mol. The Morgan fingerprint density at radius 2 is 2.03 bits per heavy atom. The van der Waals surface area contributed by atoms with E-state index in [9.17, 15) is 20.3 Å². The van der Waals surface area contributed by atoms with E-state index in [1.807, 2.05) is 17.0 Å². The number of carboxylic acid groups (broad SMARTS) is 1. The van der Waals surface area contributed by atoms with Gasteiger partial charge in [0.1, 0.15) is 18.5 Å². The first-order valence-corrected chi connectivity index (χ1v) is 13.8. The van der Waals surface area contributed by atoms with Crippen LogP contribution in [-0.4, -0.2) is 94.7 Å². The molecule has 2 unspecified atom stereocenters. The molecule has 1 amide bonds. The van der Waals surface area contributed by atoms with Crippen LogP contribution in [0.25, 0.3) is 0 Å². The molecule has 1 aromatic carbocycles. The minimum Gasteiger partial charge on any atom is -0.465 e. The predicted octanol–water partition coefficient (Wildman–Crippen LogP) is 2.06. The lowest BCUT2D eigenvalue weighted by molar-refractivity contribution is 0.0641. The standard InChI is InChI=1S/C28H35N7O4/c1-33-10-4-6-20(33)17-39-26-30-22-16-28(19(8-9-29)15-18-5-2-3-7-21(18)28)25(36)31-23(22)24(32-26)34-11-13-35(14-12-34)27(37)38/h2-3,5,7,19-20,25,31,36H,4,6,8,10-17H2,1H3,(H,37,38)/t19-,20+,25?,28?/m1/s1. The Labute approximate surface area is 228 Å². The number of fused-ring (bicyclic) bond motifs is 3. The third-order valence-corrected chi connectivity index (χ3v) is 9.15. The van der Waals surface area contributed by atoms with Crippen LogP contribution in [-0.2, 0) is 18.3 Å². The van der Waals surface area contributed by atoms with Gasteiger partial charge in [-0.05, 0) is 49.9 Å². The number of likely N-dealkylation sites (N-methyl/N-ethyl adjacent to an activating group) is 1. The zero-order valence-corrected chi connectivity index (χ0v) is 22.2. The molecule has 0 radical (unpaired) electrons. The molecule has 2 saturated heterocycles. The van der Waals surface area contributed by atoms with E-state index in [2.05, 4.69) is 35.5 Å². The maximum atomic E-state index is 11.7. The van der Waals surface area contributed by atoms with Gasteiger partial charge in [-0.25, -0.2) is 4.79 Å². The number of piperazine rings is 1. The first kappa shape index (κ1) is 25.6. The number of nitrogens with zero attached hydrogens (tertiary/aromatic N) is 6. The van der Waals surface area contributed by atoms with Gasteiger partial charge in [0.25, 0.3) is 0 Å². The number of carbonyl (C=O) groups is 1. The molecule has 11 heteroatoms. The lowest BCUT2D eigenvalue weighted by Gasteiger charge is -2.45. The van der Waals surface area contributed by atoms with Gasteiger partial charge in [0.05, 0.1) is 11.8 Å². The van der Waals surface area contributed by atoms with E-state index in [0.29, 0.717) is 69.2 Å². The van der Waals surface area contributed by atoms with Crippen LogP contribution < -0.4 is 15.0 Å².